The summed E-state index contributed by atoms with van der Waals surface area (Å²) in [5.41, 5.74) is 0.0463. The van der Waals surface area contributed by atoms with Crippen molar-refractivity contribution in [2.75, 3.05) is 0 Å². The zero-order chi connectivity index (χ0) is 9.52. The van der Waals surface area contributed by atoms with E-state index in [2.05, 4.69) is 20.2 Å². The summed E-state index contributed by atoms with van der Waals surface area (Å²) in [7, 11) is 0. The molecule has 0 bridgehead atoms. The molecular formula is C7H8N4O2. The molecule has 2 heterocycles. The van der Waals surface area contributed by atoms with Crippen LogP contribution < -0.4 is 0 Å². The third-order valence-corrected chi connectivity index (χ3v) is 1.13. The van der Waals surface area contributed by atoms with Crippen LogP contribution in [0.25, 0.3) is 0 Å². The molecule has 0 amide bonds. The number of aromatic nitrogens is 4. The molecule has 0 atom stereocenters. The molecule has 68 valence electrons. The van der Waals surface area contributed by atoms with Crippen molar-refractivity contribution < 1.29 is 9.90 Å². The highest BCUT2D eigenvalue weighted by Gasteiger charge is 2.00. The number of aromatic carboxylic acids is 1. The Morgan fingerprint density at radius 2 is 2.31 bits per heavy atom. The number of nitrogens with one attached hydrogen (secondary N) is 2. The van der Waals surface area contributed by atoms with E-state index in [4.69, 9.17) is 5.11 Å². The van der Waals surface area contributed by atoms with Gasteiger partial charge in [-0.1, -0.05) is 0 Å². The van der Waals surface area contributed by atoms with Gasteiger partial charge in [0.2, 0.25) is 0 Å². The number of imidazole rings is 1. The van der Waals surface area contributed by atoms with Crippen LogP contribution in [0.15, 0.2) is 31.0 Å². The van der Waals surface area contributed by atoms with Crippen LogP contribution in [0, 0.1) is 0 Å². The quantitative estimate of drug-likeness (QED) is 0.596. The fraction of sp³-hybridized carbons (Fsp3) is 0. The predicted molar refractivity (Wildman–Crippen MR) is 44.1 cm³/mol. The number of carboxylic acid groups (broad SMARTS) is 1. The maximum atomic E-state index is 9.98. The van der Waals surface area contributed by atoms with Gasteiger partial charge in [-0.05, 0) is 6.07 Å². The molecule has 2 aromatic rings. The smallest absolute Gasteiger partial charge is 0.356 e. The van der Waals surface area contributed by atoms with E-state index in [9.17, 15) is 4.79 Å². The number of hydrogen-bond acceptors (Lipinski definition) is 3. The number of carboxylic acids is 1. The summed E-state index contributed by atoms with van der Waals surface area (Å²) in [4.78, 5) is 16.4. The minimum absolute atomic E-state index is 0.0463. The van der Waals surface area contributed by atoms with E-state index in [0.717, 1.165) is 0 Å². The van der Waals surface area contributed by atoms with Crippen LogP contribution in [-0.4, -0.2) is 31.2 Å². The second kappa shape index (κ2) is 4.70. The Morgan fingerprint density at radius 3 is 2.54 bits per heavy atom. The molecule has 0 saturated heterocycles. The van der Waals surface area contributed by atoms with Gasteiger partial charge in [0.1, 0.15) is 0 Å². The molecule has 0 aliphatic rings. The van der Waals surface area contributed by atoms with Crippen molar-refractivity contribution in [2.45, 2.75) is 0 Å². The lowest BCUT2D eigenvalue weighted by Gasteiger charge is -1.77. The molecule has 6 nitrogen and oxygen atoms in total. The summed E-state index contributed by atoms with van der Waals surface area (Å²) in [6, 6.07) is 1.39. The van der Waals surface area contributed by atoms with Crippen molar-refractivity contribution in [1.82, 2.24) is 20.2 Å². The first-order chi connectivity index (χ1) is 6.30. The minimum atomic E-state index is -1.01. The molecule has 0 aliphatic heterocycles. The fourth-order valence-corrected chi connectivity index (χ4v) is 0.595. The van der Waals surface area contributed by atoms with E-state index in [1.54, 1.807) is 18.7 Å². The molecule has 6 heteroatoms. The monoisotopic (exact) mass is 180 g/mol. The maximum Gasteiger partial charge on any atom is 0.356 e. The minimum Gasteiger partial charge on any atom is -0.476 e. The number of rotatable bonds is 1. The summed E-state index contributed by atoms with van der Waals surface area (Å²) in [5.74, 6) is -1.01. The number of aromatic amines is 2. The van der Waals surface area contributed by atoms with Gasteiger partial charge < -0.3 is 10.1 Å². The molecule has 2 rings (SSSR count). The van der Waals surface area contributed by atoms with Crippen LogP contribution >= 0.6 is 0 Å². The summed E-state index contributed by atoms with van der Waals surface area (Å²) >= 11 is 0. The molecule has 0 unspecified atom stereocenters. The molecule has 0 spiro atoms. The van der Waals surface area contributed by atoms with Crippen molar-refractivity contribution in [1.29, 1.82) is 0 Å². The van der Waals surface area contributed by atoms with Crippen molar-refractivity contribution in [3.05, 3.63) is 36.7 Å². The Hall–Kier alpha value is -2.11. The summed E-state index contributed by atoms with van der Waals surface area (Å²) in [6.45, 7) is 0. The van der Waals surface area contributed by atoms with Crippen molar-refractivity contribution >= 4 is 5.97 Å². The van der Waals surface area contributed by atoms with E-state index in [0.29, 0.717) is 0 Å². The van der Waals surface area contributed by atoms with Crippen molar-refractivity contribution in [3.8, 4) is 0 Å². The van der Waals surface area contributed by atoms with Gasteiger partial charge in [-0.25, -0.2) is 9.78 Å². The highest BCUT2D eigenvalue weighted by atomic mass is 16.4. The number of H-pyrrole nitrogens is 2. The van der Waals surface area contributed by atoms with E-state index in [-0.39, 0.29) is 5.69 Å². The van der Waals surface area contributed by atoms with Crippen LogP contribution in [0.4, 0.5) is 0 Å². The first-order valence-electron chi connectivity index (χ1n) is 3.46. The molecule has 0 aliphatic carbocycles. The largest absolute Gasteiger partial charge is 0.476 e. The second-order valence-electron chi connectivity index (χ2n) is 2.03. The fourth-order valence-electron chi connectivity index (χ4n) is 0.595. The van der Waals surface area contributed by atoms with Gasteiger partial charge in [0, 0.05) is 18.6 Å². The molecule has 0 radical (unpaired) electrons. The van der Waals surface area contributed by atoms with Gasteiger partial charge in [0.05, 0.1) is 6.33 Å². The third-order valence-electron chi connectivity index (χ3n) is 1.13. The first-order valence-corrected chi connectivity index (χ1v) is 3.46. The lowest BCUT2D eigenvalue weighted by molar-refractivity contribution is 0.0690. The Balaban J connectivity index is 0.000000145. The SMILES string of the molecule is O=C(O)c1cc[nH]n1.c1c[nH]cn1. The highest BCUT2D eigenvalue weighted by Crippen LogP contribution is 1.87. The molecule has 0 fully saturated rings. The number of nitrogens with zero attached hydrogens (tertiary/aromatic N) is 2. The van der Waals surface area contributed by atoms with Gasteiger partial charge >= 0.3 is 5.97 Å². The van der Waals surface area contributed by atoms with Gasteiger partial charge in [-0.15, -0.1) is 0 Å². The van der Waals surface area contributed by atoms with Gasteiger partial charge in [0.15, 0.2) is 5.69 Å². The highest BCUT2D eigenvalue weighted by molar-refractivity contribution is 5.84. The van der Waals surface area contributed by atoms with Gasteiger partial charge in [-0.3, -0.25) is 5.10 Å². The lowest BCUT2D eigenvalue weighted by Crippen LogP contribution is -1.95. The Bertz CT molecular complexity index is 310. The zero-order valence-electron chi connectivity index (χ0n) is 6.64. The summed E-state index contributed by atoms with van der Waals surface area (Å²) < 4.78 is 0. The first kappa shape index (κ1) is 8.98. The predicted octanol–water partition coefficient (Wildman–Crippen LogP) is 0.518. The second-order valence-corrected chi connectivity index (χ2v) is 2.03. The van der Waals surface area contributed by atoms with Gasteiger partial charge in [-0.2, -0.15) is 5.10 Å². The van der Waals surface area contributed by atoms with E-state index < -0.39 is 5.97 Å². The average Bonchev–Trinajstić information content (AvgIpc) is 2.82. The summed E-state index contributed by atoms with van der Waals surface area (Å²) in [5, 5.41) is 14.0. The Morgan fingerprint density at radius 1 is 1.46 bits per heavy atom. The molecule has 0 aromatic carbocycles. The van der Waals surface area contributed by atoms with Crippen LogP contribution in [0.2, 0.25) is 0 Å². The van der Waals surface area contributed by atoms with Crippen LogP contribution in [0.3, 0.4) is 0 Å². The molecule has 3 N–H and O–H groups in total. The number of carbonyl (C=O) groups is 1. The summed E-state index contributed by atoms with van der Waals surface area (Å²) in [6.07, 6.45) is 6.55. The molecule has 0 saturated carbocycles. The topological polar surface area (TPSA) is 94.7 Å². The van der Waals surface area contributed by atoms with Crippen LogP contribution in [0.5, 0.6) is 0 Å². The lowest BCUT2D eigenvalue weighted by atomic mass is 10.5. The molecule has 2 aromatic heterocycles. The van der Waals surface area contributed by atoms with Gasteiger partial charge in [0.25, 0.3) is 0 Å². The third kappa shape index (κ3) is 3.19. The average molecular weight is 180 g/mol. The van der Waals surface area contributed by atoms with E-state index in [1.165, 1.54) is 12.3 Å². The molecule has 13 heavy (non-hydrogen) atoms. The van der Waals surface area contributed by atoms with Crippen molar-refractivity contribution in [2.24, 2.45) is 0 Å². The zero-order valence-corrected chi connectivity index (χ0v) is 6.64. The van der Waals surface area contributed by atoms with Crippen LogP contribution in [-0.2, 0) is 0 Å². The number of hydrogen-bond donors (Lipinski definition) is 3. The van der Waals surface area contributed by atoms with E-state index in [1.807, 2.05) is 0 Å². The molecular weight excluding hydrogens is 172 g/mol. The maximum absolute atomic E-state index is 9.98. The Labute approximate surface area is 73.6 Å². The normalized spacial score (nSPS) is 8.62. The standard InChI is InChI=1S/C4H4N2O2.C3H4N2/c7-4(8)3-1-2-5-6-3;1-2-5-3-4-1/h1-2H,(H,5,6)(H,7,8);1-3H,(H,4,5). The Kier molecular flexibility index (Phi) is 3.25. The van der Waals surface area contributed by atoms with Crippen molar-refractivity contribution in [3.63, 3.8) is 0 Å². The van der Waals surface area contributed by atoms with Crippen LogP contribution in [0.1, 0.15) is 10.5 Å². The van der Waals surface area contributed by atoms with E-state index >= 15 is 0 Å².